The smallest absolute Gasteiger partial charge is 0.124 e. The van der Waals surface area contributed by atoms with Crippen LogP contribution in [0.1, 0.15) is 32.9 Å². The molecule has 0 aliphatic rings. The summed E-state index contributed by atoms with van der Waals surface area (Å²) >= 11 is 7.61. The minimum atomic E-state index is -0.736. The van der Waals surface area contributed by atoms with Gasteiger partial charge < -0.3 is 10.8 Å². The molecule has 1 heterocycles. The van der Waals surface area contributed by atoms with Gasteiger partial charge in [-0.1, -0.05) is 17.7 Å². The number of nitrogens with two attached hydrogens (primary N) is 1. The number of aliphatic hydroxyl groups is 1. The van der Waals surface area contributed by atoms with E-state index in [0.717, 1.165) is 10.4 Å². The van der Waals surface area contributed by atoms with Gasteiger partial charge in [0.2, 0.25) is 0 Å². The van der Waals surface area contributed by atoms with Crippen LogP contribution in [0.5, 0.6) is 0 Å². The minimum Gasteiger partial charge on any atom is -0.387 e. The first-order chi connectivity index (χ1) is 9.43. The minimum absolute atomic E-state index is 0.239. The first-order valence-electron chi connectivity index (χ1n) is 6.34. The van der Waals surface area contributed by atoms with Crippen LogP contribution < -0.4 is 5.73 Å². The Bertz CT molecular complexity index is 594. The van der Waals surface area contributed by atoms with Crippen LogP contribution in [0.4, 0.5) is 4.39 Å². The summed E-state index contributed by atoms with van der Waals surface area (Å²) in [7, 11) is 0. The Morgan fingerprint density at radius 3 is 2.55 bits per heavy atom. The zero-order valence-electron chi connectivity index (χ0n) is 11.4. The van der Waals surface area contributed by atoms with E-state index in [9.17, 15) is 9.50 Å². The molecule has 0 bridgehead atoms. The van der Waals surface area contributed by atoms with Crippen molar-refractivity contribution in [2.24, 2.45) is 5.73 Å². The highest BCUT2D eigenvalue weighted by molar-refractivity contribution is 7.12. The van der Waals surface area contributed by atoms with Gasteiger partial charge in [0.15, 0.2) is 0 Å². The molecule has 0 amide bonds. The summed E-state index contributed by atoms with van der Waals surface area (Å²) in [6.07, 6.45) is -0.736. The molecule has 2 atom stereocenters. The molecule has 1 aromatic heterocycles. The lowest BCUT2D eigenvalue weighted by atomic mass is 9.92. The van der Waals surface area contributed by atoms with E-state index in [4.69, 9.17) is 17.3 Å². The molecule has 5 heteroatoms. The number of hydrogen-bond donors (Lipinski definition) is 2. The number of benzene rings is 1. The van der Waals surface area contributed by atoms with E-state index in [1.165, 1.54) is 17.0 Å². The highest BCUT2D eigenvalue weighted by Gasteiger charge is 2.25. The normalized spacial score (nSPS) is 14.3. The Labute approximate surface area is 127 Å². The van der Waals surface area contributed by atoms with Gasteiger partial charge >= 0.3 is 0 Å². The maximum atomic E-state index is 13.1. The van der Waals surface area contributed by atoms with Gasteiger partial charge in [-0.3, -0.25) is 0 Å². The molecule has 108 valence electrons. The Hall–Kier alpha value is -0.940. The van der Waals surface area contributed by atoms with E-state index in [2.05, 4.69) is 0 Å². The summed E-state index contributed by atoms with van der Waals surface area (Å²) in [5.41, 5.74) is 7.60. The number of thiophene rings is 1. The molecule has 0 saturated carbocycles. The lowest BCUT2D eigenvalue weighted by Gasteiger charge is -2.22. The maximum absolute atomic E-state index is 13.1. The average Bonchev–Trinajstić information content (AvgIpc) is 2.73. The first-order valence-corrected chi connectivity index (χ1v) is 7.53. The van der Waals surface area contributed by atoms with Crippen LogP contribution in [0.15, 0.2) is 24.3 Å². The van der Waals surface area contributed by atoms with E-state index in [1.807, 2.05) is 19.9 Å². The number of aliphatic hydroxyl groups excluding tert-OH is 1. The van der Waals surface area contributed by atoms with Crippen LogP contribution in [0.25, 0.3) is 0 Å². The fraction of sp³-hybridized carbons (Fsp3) is 0.333. The summed E-state index contributed by atoms with van der Waals surface area (Å²) in [5.74, 6) is -0.743. The number of rotatable bonds is 4. The van der Waals surface area contributed by atoms with Crippen molar-refractivity contribution in [3.05, 3.63) is 56.0 Å². The van der Waals surface area contributed by atoms with Crippen molar-refractivity contribution in [3.63, 3.8) is 0 Å². The van der Waals surface area contributed by atoms with Gasteiger partial charge in [-0.15, -0.1) is 11.3 Å². The predicted octanol–water partition coefficient (Wildman–Crippen LogP) is 3.93. The van der Waals surface area contributed by atoms with Crippen molar-refractivity contribution >= 4 is 22.9 Å². The van der Waals surface area contributed by atoms with Crippen molar-refractivity contribution in [3.8, 4) is 0 Å². The summed E-state index contributed by atoms with van der Waals surface area (Å²) in [5, 5.41) is 10.8. The molecule has 0 saturated heterocycles. The number of aryl methyl sites for hydroxylation is 2. The van der Waals surface area contributed by atoms with Crippen molar-refractivity contribution < 1.29 is 9.50 Å². The Morgan fingerprint density at radius 2 is 2.05 bits per heavy atom. The van der Waals surface area contributed by atoms with Crippen molar-refractivity contribution in [2.45, 2.75) is 25.9 Å². The summed E-state index contributed by atoms with van der Waals surface area (Å²) in [6.45, 7) is 4.26. The molecule has 0 aliphatic carbocycles. The fourth-order valence-electron chi connectivity index (χ4n) is 2.17. The van der Waals surface area contributed by atoms with E-state index in [0.29, 0.717) is 10.6 Å². The molecule has 0 fully saturated rings. The molecule has 3 N–H and O–H groups in total. The van der Waals surface area contributed by atoms with Gasteiger partial charge in [0, 0.05) is 27.2 Å². The molecular formula is C15H17ClFNOS. The van der Waals surface area contributed by atoms with Gasteiger partial charge in [0.25, 0.3) is 0 Å². The number of halogens is 2. The fourth-order valence-corrected chi connectivity index (χ4v) is 3.58. The lowest BCUT2D eigenvalue weighted by Crippen LogP contribution is -2.20. The summed E-state index contributed by atoms with van der Waals surface area (Å²) < 4.78 is 13.1. The molecule has 2 unspecified atom stereocenters. The van der Waals surface area contributed by atoms with E-state index in [-0.39, 0.29) is 12.5 Å². The predicted molar refractivity (Wildman–Crippen MR) is 82.0 cm³/mol. The highest BCUT2D eigenvalue weighted by Crippen LogP contribution is 2.38. The molecule has 2 rings (SSSR count). The van der Waals surface area contributed by atoms with Gasteiger partial charge in [0.05, 0.1) is 6.10 Å². The van der Waals surface area contributed by atoms with Crippen molar-refractivity contribution in [2.75, 3.05) is 6.54 Å². The Kier molecular flexibility index (Phi) is 4.81. The van der Waals surface area contributed by atoms with Crippen LogP contribution >= 0.6 is 22.9 Å². The van der Waals surface area contributed by atoms with Crippen molar-refractivity contribution in [1.82, 2.24) is 0 Å². The maximum Gasteiger partial charge on any atom is 0.124 e. The van der Waals surface area contributed by atoms with E-state index in [1.54, 1.807) is 17.4 Å². The molecule has 2 aromatic rings. The summed E-state index contributed by atoms with van der Waals surface area (Å²) in [6, 6.07) is 6.13. The van der Waals surface area contributed by atoms with Crippen LogP contribution in [0.3, 0.4) is 0 Å². The zero-order valence-corrected chi connectivity index (χ0v) is 12.9. The van der Waals surface area contributed by atoms with Gasteiger partial charge in [-0.2, -0.15) is 0 Å². The monoisotopic (exact) mass is 313 g/mol. The van der Waals surface area contributed by atoms with Crippen molar-refractivity contribution in [1.29, 1.82) is 0 Å². The zero-order chi connectivity index (χ0) is 14.9. The molecule has 0 radical (unpaired) electrons. The van der Waals surface area contributed by atoms with Crippen LogP contribution in [0.2, 0.25) is 5.02 Å². The second-order valence-electron chi connectivity index (χ2n) is 4.84. The second kappa shape index (κ2) is 6.22. The van der Waals surface area contributed by atoms with Gasteiger partial charge in [-0.05, 0) is 43.2 Å². The molecule has 2 nitrogen and oxygen atoms in total. The van der Waals surface area contributed by atoms with Gasteiger partial charge in [-0.25, -0.2) is 4.39 Å². The molecule has 1 aromatic carbocycles. The highest BCUT2D eigenvalue weighted by atomic mass is 35.5. The Balaban J connectivity index is 2.36. The lowest BCUT2D eigenvalue weighted by molar-refractivity contribution is 0.151. The van der Waals surface area contributed by atoms with E-state index < -0.39 is 11.9 Å². The molecule has 0 aliphatic heterocycles. The van der Waals surface area contributed by atoms with Crippen LogP contribution in [0, 0.1) is 19.7 Å². The van der Waals surface area contributed by atoms with Gasteiger partial charge in [0.1, 0.15) is 5.82 Å². The SMILES string of the molecule is Cc1cc(C(O)C(CN)c2ccc(F)cc2Cl)sc1C. The summed E-state index contributed by atoms with van der Waals surface area (Å²) in [4.78, 5) is 2.02. The number of hydrogen-bond acceptors (Lipinski definition) is 3. The molecule has 0 spiro atoms. The topological polar surface area (TPSA) is 46.2 Å². The third-order valence-corrected chi connectivity index (χ3v) is 5.02. The largest absolute Gasteiger partial charge is 0.387 e. The van der Waals surface area contributed by atoms with Crippen LogP contribution in [-0.4, -0.2) is 11.7 Å². The quantitative estimate of drug-likeness (QED) is 0.898. The average molecular weight is 314 g/mol. The standard InChI is InChI=1S/C15H17ClFNOS/c1-8-5-14(20-9(8)2)15(19)12(7-18)11-4-3-10(17)6-13(11)16/h3-6,12,15,19H,7,18H2,1-2H3. The second-order valence-corrected chi connectivity index (χ2v) is 6.54. The third-order valence-electron chi connectivity index (χ3n) is 3.47. The van der Waals surface area contributed by atoms with Crippen LogP contribution in [-0.2, 0) is 0 Å². The molecular weight excluding hydrogens is 297 g/mol. The first kappa shape index (κ1) is 15.4. The Morgan fingerprint density at radius 1 is 1.35 bits per heavy atom. The molecule has 20 heavy (non-hydrogen) atoms. The van der Waals surface area contributed by atoms with E-state index >= 15 is 0 Å². The third kappa shape index (κ3) is 3.04.